The first kappa shape index (κ1) is 22.7. The number of carbonyl (C=O) groups excluding carboxylic acids is 1. The van der Waals surface area contributed by atoms with Crippen molar-refractivity contribution in [1.29, 1.82) is 0 Å². The number of ether oxygens (including phenoxy) is 1. The van der Waals surface area contributed by atoms with Crippen molar-refractivity contribution in [3.8, 4) is 17.0 Å². The number of alkyl halides is 3. The van der Waals surface area contributed by atoms with Crippen LogP contribution in [0.3, 0.4) is 0 Å². The molecule has 1 atom stereocenters. The summed E-state index contributed by atoms with van der Waals surface area (Å²) >= 11 is 1.36. The molecule has 1 fully saturated rings. The van der Waals surface area contributed by atoms with Crippen molar-refractivity contribution in [2.75, 3.05) is 29.0 Å². The molecule has 1 amide bonds. The van der Waals surface area contributed by atoms with Crippen molar-refractivity contribution in [1.82, 2.24) is 20.4 Å². The number of piperidine rings is 1. The summed E-state index contributed by atoms with van der Waals surface area (Å²) in [6.07, 6.45) is -3.06. The number of hydrogen-bond donors (Lipinski definition) is 2. The summed E-state index contributed by atoms with van der Waals surface area (Å²) in [7, 11) is 0. The first-order chi connectivity index (χ1) is 15.7. The third kappa shape index (κ3) is 5.48. The molecule has 9 nitrogen and oxygen atoms in total. The van der Waals surface area contributed by atoms with Gasteiger partial charge in [-0.2, -0.15) is 0 Å². The molecule has 3 N–H and O–H groups in total. The number of anilines is 3. The van der Waals surface area contributed by atoms with E-state index in [2.05, 4.69) is 30.4 Å². The third-order valence-electron chi connectivity index (χ3n) is 5.02. The topological polar surface area (TPSA) is 119 Å². The van der Waals surface area contributed by atoms with Gasteiger partial charge in [-0.3, -0.25) is 4.79 Å². The van der Waals surface area contributed by atoms with Crippen LogP contribution in [-0.4, -0.2) is 45.8 Å². The Morgan fingerprint density at radius 1 is 1.21 bits per heavy atom. The standard InChI is InChI=1S/C20H20F3N7O2S/c1-11(31)25-13-5-2-6-15(32-20(21,22)23)17(13)14-7-8-16(27-26-14)30-9-3-4-12(10-30)18-28-29-19(24)33-18/h2,5-8,12H,3-4,9-10H2,1H3,(H2,24,29)(H,25,31). The molecule has 1 aliphatic rings. The van der Waals surface area contributed by atoms with E-state index in [0.717, 1.165) is 30.5 Å². The second-order valence-electron chi connectivity index (χ2n) is 7.45. The average Bonchev–Trinajstić information content (AvgIpc) is 3.19. The lowest BCUT2D eigenvalue weighted by Crippen LogP contribution is -2.35. The Kier molecular flexibility index (Phi) is 6.31. The maximum absolute atomic E-state index is 12.9. The van der Waals surface area contributed by atoms with E-state index in [4.69, 9.17) is 5.73 Å². The minimum absolute atomic E-state index is 0.00932. The van der Waals surface area contributed by atoms with Gasteiger partial charge in [0.2, 0.25) is 11.0 Å². The molecule has 0 radical (unpaired) electrons. The number of halogens is 3. The van der Waals surface area contributed by atoms with E-state index in [-0.39, 0.29) is 22.9 Å². The Morgan fingerprint density at radius 2 is 2.03 bits per heavy atom. The SMILES string of the molecule is CC(=O)Nc1cccc(OC(F)(F)F)c1-c1ccc(N2CCCC(c3nnc(N)s3)C2)nn1. The van der Waals surface area contributed by atoms with E-state index in [1.807, 2.05) is 4.90 Å². The average molecular weight is 479 g/mol. The summed E-state index contributed by atoms with van der Waals surface area (Å²) in [4.78, 5) is 13.6. The number of hydrogen-bond acceptors (Lipinski definition) is 9. The highest BCUT2D eigenvalue weighted by molar-refractivity contribution is 7.15. The molecule has 0 saturated carbocycles. The third-order valence-corrected chi connectivity index (χ3v) is 5.94. The number of benzene rings is 1. The molecule has 1 unspecified atom stereocenters. The number of carbonyl (C=O) groups is 1. The van der Waals surface area contributed by atoms with E-state index >= 15 is 0 Å². The van der Waals surface area contributed by atoms with Crippen molar-refractivity contribution in [3.63, 3.8) is 0 Å². The van der Waals surface area contributed by atoms with Crippen molar-refractivity contribution >= 4 is 33.9 Å². The minimum Gasteiger partial charge on any atom is -0.405 e. The second-order valence-corrected chi connectivity index (χ2v) is 8.49. The van der Waals surface area contributed by atoms with E-state index in [1.165, 1.54) is 30.4 Å². The highest BCUT2D eigenvalue weighted by Gasteiger charge is 2.33. The molecule has 2 aromatic heterocycles. The molecule has 0 spiro atoms. The Hall–Kier alpha value is -3.48. The van der Waals surface area contributed by atoms with Gasteiger partial charge in [0.25, 0.3) is 0 Å². The lowest BCUT2D eigenvalue weighted by atomic mass is 9.99. The van der Waals surface area contributed by atoms with Crippen molar-refractivity contribution in [2.45, 2.75) is 32.0 Å². The van der Waals surface area contributed by atoms with Crippen LogP contribution in [0.1, 0.15) is 30.7 Å². The van der Waals surface area contributed by atoms with Crippen LogP contribution in [0.25, 0.3) is 11.3 Å². The van der Waals surface area contributed by atoms with Gasteiger partial charge in [0.1, 0.15) is 10.8 Å². The van der Waals surface area contributed by atoms with Crippen molar-refractivity contribution in [2.24, 2.45) is 0 Å². The number of nitrogens with two attached hydrogens (primary N) is 1. The van der Waals surface area contributed by atoms with Crippen molar-refractivity contribution < 1.29 is 22.7 Å². The van der Waals surface area contributed by atoms with Gasteiger partial charge in [0.15, 0.2) is 5.82 Å². The van der Waals surface area contributed by atoms with Crippen LogP contribution in [0, 0.1) is 0 Å². The first-order valence-electron chi connectivity index (χ1n) is 10.0. The molecule has 3 heterocycles. The van der Waals surface area contributed by atoms with Gasteiger partial charge in [-0.05, 0) is 37.1 Å². The van der Waals surface area contributed by atoms with Gasteiger partial charge in [0, 0.05) is 25.9 Å². The van der Waals surface area contributed by atoms with Crippen LogP contribution in [0.15, 0.2) is 30.3 Å². The summed E-state index contributed by atoms with van der Waals surface area (Å²) in [6, 6.07) is 7.22. The Balaban J connectivity index is 1.62. The van der Waals surface area contributed by atoms with Gasteiger partial charge in [0.05, 0.1) is 16.9 Å². The lowest BCUT2D eigenvalue weighted by molar-refractivity contribution is -0.274. The molecule has 1 aromatic carbocycles. The van der Waals surface area contributed by atoms with Gasteiger partial charge < -0.3 is 20.7 Å². The summed E-state index contributed by atoms with van der Waals surface area (Å²) < 4.78 is 43.0. The van der Waals surface area contributed by atoms with Crippen LogP contribution < -0.4 is 20.7 Å². The predicted octanol–water partition coefficient (Wildman–Crippen LogP) is 3.82. The first-order valence-corrected chi connectivity index (χ1v) is 10.9. The molecule has 4 rings (SSSR count). The fraction of sp³-hybridized carbons (Fsp3) is 0.350. The monoisotopic (exact) mass is 479 g/mol. The summed E-state index contributed by atoms with van der Waals surface area (Å²) in [5.41, 5.74) is 5.96. The van der Waals surface area contributed by atoms with Crippen LogP contribution in [-0.2, 0) is 4.79 Å². The number of aromatic nitrogens is 4. The highest BCUT2D eigenvalue weighted by Crippen LogP contribution is 2.39. The molecule has 33 heavy (non-hydrogen) atoms. The zero-order valence-electron chi connectivity index (χ0n) is 17.5. The molecule has 1 aliphatic heterocycles. The van der Waals surface area contributed by atoms with Gasteiger partial charge in [-0.1, -0.05) is 17.4 Å². The molecular formula is C20H20F3N7O2S. The molecule has 0 bridgehead atoms. The maximum Gasteiger partial charge on any atom is 0.573 e. The molecule has 13 heteroatoms. The fourth-order valence-electron chi connectivity index (χ4n) is 3.72. The summed E-state index contributed by atoms with van der Waals surface area (Å²) in [6.45, 7) is 2.66. The lowest BCUT2D eigenvalue weighted by Gasteiger charge is -2.32. The number of nitrogen functional groups attached to an aromatic ring is 1. The fourth-order valence-corrected chi connectivity index (χ4v) is 4.46. The van der Waals surface area contributed by atoms with Crippen molar-refractivity contribution in [3.05, 3.63) is 35.3 Å². The Morgan fingerprint density at radius 3 is 2.67 bits per heavy atom. The number of nitrogens with zero attached hydrogens (tertiary/aromatic N) is 5. The van der Waals surface area contributed by atoms with E-state index < -0.39 is 18.0 Å². The zero-order chi connectivity index (χ0) is 23.6. The number of nitrogens with one attached hydrogen (secondary N) is 1. The van der Waals surface area contributed by atoms with E-state index in [1.54, 1.807) is 12.1 Å². The molecule has 0 aliphatic carbocycles. The van der Waals surface area contributed by atoms with Crippen LogP contribution in [0.4, 0.5) is 29.8 Å². The largest absolute Gasteiger partial charge is 0.573 e. The van der Waals surface area contributed by atoms with Crippen LogP contribution >= 0.6 is 11.3 Å². The zero-order valence-corrected chi connectivity index (χ0v) is 18.3. The van der Waals surface area contributed by atoms with E-state index in [9.17, 15) is 18.0 Å². The van der Waals surface area contributed by atoms with Gasteiger partial charge >= 0.3 is 6.36 Å². The quantitative estimate of drug-likeness (QED) is 0.567. The normalized spacial score (nSPS) is 16.5. The number of rotatable bonds is 5. The Labute approximate surface area is 190 Å². The minimum atomic E-state index is -4.91. The van der Waals surface area contributed by atoms with Crippen LogP contribution in [0.2, 0.25) is 0 Å². The summed E-state index contributed by atoms with van der Waals surface area (Å²) in [5.74, 6) is -0.192. The molecule has 1 saturated heterocycles. The molecule has 174 valence electrons. The smallest absolute Gasteiger partial charge is 0.405 e. The second kappa shape index (κ2) is 9.17. The van der Waals surface area contributed by atoms with E-state index in [0.29, 0.717) is 17.5 Å². The highest BCUT2D eigenvalue weighted by atomic mass is 32.1. The summed E-state index contributed by atoms with van der Waals surface area (Å²) in [5, 5.41) is 20.2. The Bertz CT molecular complexity index is 1140. The van der Waals surface area contributed by atoms with Gasteiger partial charge in [-0.25, -0.2) is 0 Å². The molecule has 3 aromatic rings. The van der Waals surface area contributed by atoms with Gasteiger partial charge in [-0.15, -0.1) is 33.6 Å². The predicted molar refractivity (Wildman–Crippen MR) is 117 cm³/mol. The molecular weight excluding hydrogens is 459 g/mol. The maximum atomic E-state index is 12.9. The number of amides is 1. The van der Waals surface area contributed by atoms with Crippen LogP contribution in [0.5, 0.6) is 5.75 Å².